The molecule has 4 heteroatoms. The molecule has 0 aliphatic heterocycles. The molecule has 1 heterocycles. The van der Waals surface area contributed by atoms with Crippen LogP contribution in [0.5, 0.6) is 0 Å². The lowest BCUT2D eigenvalue weighted by molar-refractivity contribution is -0.695. The number of unbranched alkanes of at least 4 members (excludes halogenated alkanes) is 2. The first kappa shape index (κ1) is 21.8. The molecule has 0 saturated carbocycles. The molecule has 0 bridgehead atoms. The van der Waals surface area contributed by atoms with Gasteiger partial charge in [-0.3, -0.25) is 9.59 Å². The van der Waals surface area contributed by atoms with Crippen LogP contribution in [-0.2, 0) is 9.59 Å². The van der Waals surface area contributed by atoms with Crippen molar-refractivity contribution < 1.29 is 26.6 Å². The fourth-order valence-corrected chi connectivity index (χ4v) is 2.98. The van der Waals surface area contributed by atoms with Crippen molar-refractivity contribution in [1.29, 1.82) is 0 Å². The molecule has 0 atom stereocenters. The highest BCUT2D eigenvalue weighted by molar-refractivity contribution is 6.00. The van der Waals surface area contributed by atoms with Crippen LogP contribution in [0.4, 0.5) is 0 Å². The number of carbonyl (C=O) groups is 2. The highest BCUT2D eigenvalue weighted by atomic mass is 35.5. The minimum absolute atomic E-state index is 0. The zero-order chi connectivity index (χ0) is 16.5. The lowest BCUT2D eigenvalue weighted by atomic mass is 9.89. The summed E-state index contributed by atoms with van der Waals surface area (Å²) in [5.41, 5.74) is 1.32. The Hall–Kier alpha value is -1.22. The van der Waals surface area contributed by atoms with Gasteiger partial charge in [0.2, 0.25) is 11.6 Å². The maximum Gasteiger partial charge on any atom is 0.273 e. The quantitative estimate of drug-likeness (QED) is 0.474. The van der Waals surface area contributed by atoms with Crippen LogP contribution in [0, 0.1) is 0 Å². The average molecular weight is 340 g/mol. The second-order valence-electron chi connectivity index (χ2n) is 6.18. The van der Waals surface area contributed by atoms with Gasteiger partial charge in [0.15, 0.2) is 12.4 Å². The maximum atomic E-state index is 11.6. The summed E-state index contributed by atoms with van der Waals surface area (Å²) in [5.74, 6) is 0.361. The molecular formula is C19H30ClNO2. The second-order valence-corrected chi connectivity index (χ2v) is 6.18. The number of rotatable bonds is 10. The minimum Gasteiger partial charge on any atom is -1.00 e. The zero-order valence-corrected chi connectivity index (χ0v) is 15.6. The van der Waals surface area contributed by atoms with Gasteiger partial charge in [0.05, 0.1) is 0 Å². The Bertz CT molecular complexity index is 463. The van der Waals surface area contributed by atoms with E-state index < -0.39 is 6.04 Å². The van der Waals surface area contributed by atoms with E-state index >= 15 is 0 Å². The standard InChI is InChI=1S/C19H30NO2.ClH/c1-5-7-9-17(10-8-6-2)18-11-13-20(14-12-18)19(15(3)21)16(4)22;/h11-14,17,19H,5-10H2,1-4H3;1H/q+1;/p-1. The number of hydrogen-bond acceptors (Lipinski definition) is 2. The number of halogens is 1. The monoisotopic (exact) mass is 339 g/mol. The highest BCUT2D eigenvalue weighted by Gasteiger charge is 2.28. The molecule has 0 amide bonds. The topological polar surface area (TPSA) is 38.0 Å². The van der Waals surface area contributed by atoms with E-state index in [0.717, 1.165) is 0 Å². The van der Waals surface area contributed by atoms with E-state index in [1.807, 2.05) is 12.4 Å². The van der Waals surface area contributed by atoms with E-state index in [1.165, 1.54) is 57.9 Å². The zero-order valence-electron chi connectivity index (χ0n) is 14.8. The van der Waals surface area contributed by atoms with Gasteiger partial charge in [-0.15, -0.1) is 0 Å². The summed E-state index contributed by atoms with van der Waals surface area (Å²) in [4.78, 5) is 23.3. The van der Waals surface area contributed by atoms with Crippen molar-refractivity contribution in [1.82, 2.24) is 0 Å². The van der Waals surface area contributed by atoms with Crippen LogP contribution in [-0.4, -0.2) is 11.6 Å². The van der Waals surface area contributed by atoms with Crippen molar-refractivity contribution in [2.75, 3.05) is 0 Å². The van der Waals surface area contributed by atoms with Crippen molar-refractivity contribution in [3.63, 3.8) is 0 Å². The fourth-order valence-electron chi connectivity index (χ4n) is 2.98. The van der Waals surface area contributed by atoms with Crippen molar-refractivity contribution in [3.8, 4) is 0 Å². The summed E-state index contributed by atoms with van der Waals surface area (Å²) in [5, 5.41) is 0. The number of carbonyl (C=O) groups excluding carboxylic acids is 2. The van der Waals surface area contributed by atoms with Crippen LogP contribution in [0.2, 0.25) is 0 Å². The summed E-state index contributed by atoms with van der Waals surface area (Å²) in [6.45, 7) is 7.39. The van der Waals surface area contributed by atoms with Crippen molar-refractivity contribution in [2.45, 2.75) is 78.2 Å². The smallest absolute Gasteiger partial charge is 0.273 e. The van der Waals surface area contributed by atoms with Gasteiger partial charge in [-0.25, -0.2) is 0 Å². The Morgan fingerprint density at radius 1 is 0.957 bits per heavy atom. The molecule has 0 radical (unpaired) electrons. The molecule has 0 fully saturated rings. The third kappa shape index (κ3) is 6.82. The van der Waals surface area contributed by atoms with Gasteiger partial charge in [0.25, 0.3) is 6.04 Å². The van der Waals surface area contributed by atoms with Gasteiger partial charge in [0.1, 0.15) is 0 Å². The molecule has 0 aliphatic rings. The summed E-state index contributed by atoms with van der Waals surface area (Å²) >= 11 is 0. The van der Waals surface area contributed by atoms with Crippen LogP contribution < -0.4 is 17.0 Å². The number of hydrogen-bond donors (Lipinski definition) is 0. The molecule has 0 N–H and O–H groups in total. The first-order valence-corrected chi connectivity index (χ1v) is 8.52. The lowest BCUT2D eigenvalue weighted by Crippen LogP contribution is -3.00. The van der Waals surface area contributed by atoms with Gasteiger partial charge < -0.3 is 12.4 Å². The molecule has 0 aliphatic carbocycles. The number of aromatic nitrogens is 1. The van der Waals surface area contributed by atoms with E-state index in [-0.39, 0.29) is 24.0 Å². The minimum atomic E-state index is -0.682. The Kier molecular flexibility index (Phi) is 10.7. The van der Waals surface area contributed by atoms with Gasteiger partial charge in [-0.2, -0.15) is 4.57 Å². The molecule has 0 aromatic carbocycles. The van der Waals surface area contributed by atoms with Crippen LogP contribution in [0.25, 0.3) is 0 Å². The van der Waals surface area contributed by atoms with Crippen LogP contribution in [0.1, 0.15) is 83.7 Å². The molecule has 1 rings (SSSR count). The number of pyridine rings is 1. The molecule has 1 aromatic heterocycles. The normalized spacial score (nSPS) is 10.7. The summed E-state index contributed by atoms with van der Waals surface area (Å²) in [7, 11) is 0. The number of nitrogens with zero attached hydrogens (tertiary/aromatic N) is 1. The first-order chi connectivity index (χ1) is 10.5. The van der Waals surface area contributed by atoms with E-state index in [4.69, 9.17) is 0 Å². The summed E-state index contributed by atoms with van der Waals surface area (Å²) in [6, 6.07) is 3.47. The third-order valence-electron chi connectivity index (χ3n) is 4.23. The van der Waals surface area contributed by atoms with E-state index in [2.05, 4.69) is 26.0 Å². The van der Waals surface area contributed by atoms with E-state index in [9.17, 15) is 9.59 Å². The SMILES string of the molecule is CCCCC(CCCC)c1cc[n+](C(C(C)=O)C(C)=O)cc1.[Cl-]. The molecule has 0 unspecified atom stereocenters. The molecule has 3 nitrogen and oxygen atoms in total. The highest BCUT2D eigenvalue weighted by Crippen LogP contribution is 2.27. The lowest BCUT2D eigenvalue weighted by Gasteiger charge is -2.16. The third-order valence-corrected chi connectivity index (χ3v) is 4.23. The molecule has 0 spiro atoms. The molecule has 23 heavy (non-hydrogen) atoms. The fraction of sp³-hybridized carbons (Fsp3) is 0.632. The summed E-state index contributed by atoms with van der Waals surface area (Å²) in [6.07, 6.45) is 11.1. The van der Waals surface area contributed by atoms with Gasteiger partial charge in [0, 0.05) is 26.0 Å². The van der Waals surface area contributed by atoms with Crippen LogP contribution >= 0.6 is 0 Å². The van der Waals surface area contributed by atoms with Crippen LogP contribution in [0.15, 0.2) is 24.5 Å². The Morgan fingerprint density at radius 3 is 1.74 bits per heavy atom. The maximum absolute atomic E-state index is 11.6. The van der Waals surface area contributed by atoms with Crippen molar-refractivity contribution in [2.24, 2.45) is 0 Å². The Morgan fingerprint density at radius 2 is 1.39 bits per heavy atom. The second kappa shape index (κ2) is 11.3. The molecular weight excluding hydrogens is 310 g/mol. The van der Waals surface area contributed by atoms with Gasteiger partial charge in [-0.1, -0.05) is 39.5 Å². The molecule has 1 aromatic rings. The van der Waals surface area contributed by atoms with Crippen LogP contribution in [0.3, 0.4) is 0 Å². The molecule has 0 saturated heterocycles. The van der Waals surface area contributed by atoms with Crippen molar-refractivity contribution in [3.05, 3.63) is 30.1 Å². The summed E-state index contributed by atoms with van der Waals surface area (Å²) < 4.78 is 1.73. The van der Waals surface area contributed by atoms with Gasteiger partial charge >= 0.3 is 0 Å². The van der Waals surface area contributed by atoms with Gasteiger partial charge in [-0.05, 0) is 24.3 Å². The Balaban J connectivity index is 0.00000484. The van der Waals surface area contributed by atoms with E-state index in [0.29, 0.717) is 5.92 Å². The predicted molar refractivity (Wildman–Crippen MR) is 88.8 cm³/mol. The molecule has 130 valence electrons. The Labute approximate surface area is 146 Å². The van der Waals surface area contributed by atoms with E-state index in [1.54, 1.807) is 4.57 Å². The van der Waals surface area contributed by atoms with Crippen molar-refractivity contribution >= 4 is 11.6 Å². The first-order valence-electron chi connectivity index (χ1n) is 8.52. The number of Topliss-reactive ketones (excluding diaryl/α,β-unsaturated/α-hetero) is 2. The predicted octanol–water partition coefficient (Wildman–Crippen LogP) is 1.16. The average Bonchev–Trinajstić information content (AvgIpc) is 2.48. The largest absolute Gasteiger partial charge is 1.00 e. The number of ketones is 2.